The number of rotatable bonds is 6. The third-order valence-corrected chi connectivity index (χ3v) is 2.84. The fourth-order valence-electron chi connectivity index (χ4n) is 1.84. The topological polar surface area (TPSA) is 84.3 Å². The number of nitrogens with zero attached hydrogens (tertiary/aromatic N) is 2. The second-order valence-corrected chi connectivity index (χ2v) is 4.45. The zero-order valence-corrected chi connectivity index (χ0v) is 12.0. The molecule has 0 atom stereocenters. The number of carboxylic acid groups (broad SMARTS) is 1. The van der Waals surface area contributed by atoms with E-state index >= 15 is 0 Å². The molecule has 0 saturated carbocycles. The maximum atomic E-state index is 10.8. The van der Waals surface area contributed by atoms with Crippen molar-refractivity contribution < 1.29 is 14.6 Å². The summed E-state index contributed by atoms with van der Waals surface area (Å²) < 4.78 is 5.09. The first-order chi connectivity index (χ1) is 10.1. The summed E-state index contributed by atoms with van der Waals surface area (Å²) in [6.45, 7) is 2.40. The molecule has 0 spiro atoms. The fraction of sp³-hybridized carbons (Fsp3) is 0.267. The predicted octanol–water partition coefficient (Wildman–Crippen LogP) is 2.63. The normalized spacial score (nSPS) is 10.4. The lowest BCUT2D eigenvalue weighted by Crippen LogP contribution is -2.04. The van der Waals surface area contributed by atoms with Gasteiger partial charge in [0, 0.05) is 25.3 Å². The highest BCUT2D eigenvalue weighted by Gasteiger charge is 2.05. The highest BCUT2D eigenvalue weighted by molar-refractivity contribution is 5.88. The molecule has 110 valence electrons. The van der Waals surface area contributed by atoms with Crippen LogP contribution in [0.3, 0.4) is 0 Å². The van der Waals surface area contributed by atoms with Gasteiger partial charge in [-0.2, -0.15) is 0 Å². The van der Waals surface area contributed by atoms with E-state index in [1.807, 2.05) is 13.0 Å². The number of benzene rings is 1. The summed E-state index contributed by atoms with van der Waals surface area (Å²) >= 11 is 0. The number of aryl methyl sites for hydroxylation is 1. The van der Waals surface area contributed by atoms with Crippen LogP contribution in [0.5, 0.6) is 0 Å². The van der Waals surface area contributed by atoms with Gasteiger partial charge in [-0.25, -0.2) is 14.8 Å². The van der Waals surface area contributed by atoms with Gasteiger partial charge in [-0.1, -0.05) is 6.92 Å². The van der Waals surface area contributed by atoms with Gasteiger partial charge in [-0.3, -0.25) is 0 Å². The Morgan fingerprint density at radius 1 is 1.29 bits per heavy atom. The molecule has 0 bridgehead atoms. The van der Waals surface area contributed by atoms with E-state index in [2.05, 4.69) is 15.3 Å². The van der Waals surface area contributed by atoms with Crippen LogP contribution < -0.4 is 5.32 Å². The molecule has 1 aromatic heterocycles. The van der Waals surface area contributed by atoms with Gasteiger partial charge in [0.05, 0.1) is 17.9 Å². The maximum Gasteiger partial charge on any atom is 0.335 e. The highest BCUT2D eigenvalue weighted by Crippen LogP contribution is 2.17. The Kier molecular flexibility index (Phi) is 4.84. The molecule has 0 fully saturated rings. The second kappa shape index (κ2) is 6.81. The Morgan fingerprint density at radius 2 is 2.00 bits per heavy atom. The van der Waals surface area contributed by atoms with Crippen molar-refractivity contribution in [3.05, 3.63) is 47.4 Å². The Labute approximate surface area is 122 Å². The van der Waals surface area contributed by atoms with Crippen molar-refractivity contribution in [2.45, 2.75) is 20.0 Å². The zero-order chi connectivity index (χ0) is 15.2. The third kappa shape index (κ3) is 4.00. The number of hydrogen-bond donors (Lipinski definition) is 2. The van der Waals surface area contributed by atoms with E-state index in [0.717, 1.165) is 23.6 Å². The number of hydrogen-bond acceptors (Lipinski definition) is 5. The van der Waals surface area contributed by atoms with Crippen LogP contribution in [0.15, 0.2) is 30.3 Å². The lowest BCUT2D eigenvalue weighted by atomic mass is 10.2. The van der Waals surface area contributed by atoms with Crippen LogP contribution in [0.4, 0.5) is 11.5 Å². The van der Waals surface area contributed by atoms with Crippen LogP contribution in [0.2, 0.25) is 0 Å². The quantitative estimate of drug-likeness (QED) is 0.849. The number of aromatic carboxylic acids is 1. The molecule has 2 rings (SSSR count). The Hall–Kier alpha value is -2.47. The average Bonchev–Trinajstić information content (AvgIpc) is 2.48. The Balaban J connectivity index is 2.21. The molecule has 21 heavy (non-hydrogen) atoms. The number of aromatic nitrogens is 2. The van der Waals surface area contributed by atoms with Gasteiger partial charge in [-0.05, 0) is 24.3 Å². The number of carbonyl (C=O) groups is 1. The molecule has 1 aromatic carbocycles. The summed E-state index contributed by atoms with van der Waals surface area (Å²) in [6.07, 6.45) is 0.726. The third-order valence-electron chi connectivity index (χ3n) is 2.84. The summed E-state index contributed by atoms with van der Waals surface area (Å²) in [5.41, 5.74) is 1.82. The number of carboxylic acids is 1. The minimum absolute atomic E-state index is 0.248. The van der Waals surface area contributed by atoms with Gasteiger partial charge >= 0.3 is 5.97 Å². The van der Waals surface area contributed by atoms with Crippen LogP contribution in [0.1, 0.15) is 28.8 Å². The van der Waals surface area contributed by atoms with Crippen molar-refractivity contribution in [3.63, 3.8) is 0 Å². The second-order valence-electron chi connectivity index (χ2n) is 4.45. The largest absolute Gasteiger partial charge is 0.478 e. The van der Waals surface area contributed by atoms with E-state index in [0.29, 0.717) is 12.4 Å². The molecule has 0 aliphatic carbocycles. The molecule has 1 heterocycles. The van der Waals surface area contributed by atoms with Crippen molar-refractivity contribution in [1.29, 1.82) is 0 Å². The first-order valence-corrected chi connectivity index (χ1v) is 6.58. The minimum atomic E-state index is -0.945. The Morgan fingerprint density at radius 3 is 2.57 bits per heavy atom. The van der Waals surface area contributed by atoms with Gasteiger partial charge in [0.25, 0.3) is 0 Å². The summed E-state index contributed by atoms with van der Waals surface area (Å²) in [5, 5.41) is 12.0. The van der Waals surface area contributed by atoms with E-state index in [9.17, 15) is 4.79 Å². The smallest absolute Gasteiger partial charge is 0.335 e. The summed E-state index contributed by atoms with van der Waals surface area (Å²) in [7, 11) is 1.62. The summed E-state index contributed by atoms with van der Waals surface area (Å²) in [6, 6.07) is 8.30. The lowest BCUT2D eigenvalue weighted by Gasteiger charge is -2.09. The van der Waals surface area contributed by atoms with Crippen molar-refractivity contribution >= 4 is 17.5 Å². The molecule has 2 N–H and O–H groups in total. The first-order valence-electron chi connectivity index (χ1n) is 6.58. The summed E-state index contributed by atoms with van der Waals surface area (Å²) in [4.78, 5) is 19.6. The molecular formula is C15H17N3O3. The summed E-state index contributed by atoms with van der Waals surface area (Å²) in [5.74, 6) is 0.449. The van der Waals surface area contributed by atoms with Crippen LogP contribution in [-0.4, -0.2) is 28.2 Å². The number of anilines is 2. The standard InChI is InChI=1S/C15H17N3O3/c1-3-13-17-12(9-21-2)8-14(18-13)16-11-6-4-10(5-7-11)15(19)20/h4-8H,3,9H2,1-2H3,(H,19,20)(H,16,17,18). The molecule has 6 nitrogen and oxygen atoms in total. The number of nitrogens with one attached hydrogen (secondary N) is 1. The van der Waals surface area contributed by atoms with Crippen molar-refractivity contribution in [3.8, 4) is 0 Å². The molecule has 0 unspecified atom stereocenters. The maximum absolute atomic E-state index is 10.8. The molecule has 0 amide bonds. The fourth-order valence-corrected chi connectivity index (χ4v) is 1.84. The molecular weight excluding hydrogens is 270 g/mol. The van der Waals surface area contributed by atoms with E-state index in [4.69, 9.17) is 9.84 Å². The van der Waals surface area contributed by atoms with Gasteiger partial charge in [0.2, 0.25) is 0 Å². The van der Waals surface area contributed by atoms with Crippen molar-refractivity contribution in [1.82, 2.24) is 9.97 Å². The van der Waals surface area contributed by atoms with Gasteiger partial charge in [0.1, 0.15) is 11.6 Å². The van der Waals surface area contributed by atoms with Crippen LogP contribution in [0.25, 0.3) is 0 Å². The van der Waals surface area contributed by atoms with Gasteiger partial charge in [-0.15, -0.1) is 0 Å². The SMILES string of the molecule is CCc1nc(COC)cc(Nc2ccc(C(=O)O)cc2)n1. The van der Waals surface area contributed by atoms with Gasteiger partial charge < -0.3 is 15.2 Å². The highest BCUT2D eigenvalue weighted by atomic mass is 16.5. The predicted molar refractivity (Wildman–Crippen MR) is 78.8 cm³/mol. The van der Waals surface area contributed by atoms with Crippen LogP contribution in [0, 0.1) is 0 Å². The monoisotopic (exact) mass is 287 g/mol. The minimum Gasteiger partial charge on any atom is -0.478 e. The van der Waals surface area contributed by atoms with Crippen LogP contribution >= 0.6 is 0 Å². The number of ether oxygens (including phenoxy) is 1. The van der Waals surface area contributed by atoms with E-state index in [1.54, 1.807) is 31.4 Å². The van der Waals surface area contributed by atoms with E-state index in [-0.39, 0.29) is 5.56 Å². The Bertz CT molecular complexity index is 627. The van der Waals surface area contributed by atoms with Gasteiger partial charge in [0.15, 0.2) is 0 Å². The molecule has 0 aliphatic heterocycles. The zero-order valence-electron chi connectivity index (χ0n) is 12.0. The van der Waals surface area contributed by atoms with Crippen molar-refractivity contribution in [2.75, 3.05) is 12.4 Å². The molecule has 0 radical (unpaired) electrons. The van der Waals surface area contributed by atoms with Crippen LogP contribution in [-0.2, 0) is 17.8 Å². The lowest BCUT2D eigenvalue weighted by molar-refractivity contribution is 0.0697. The molecule has 0 saturated heterocycles. The number of methoxy groups -OCH3 is 1. The van der Waals surface area contributed by atoms with E-state index in [1.165, 1.54) is 0 Å². The molecule has 2 aromatic rings. The molecule has 6 heteroatoms. The average molecular weight is 287 g/mol. The van der Waals surface area contributed by atoms with Crippen molar-refractivity contribution in [2.24, 2.45) is 0 Å². The molecule has 0 aliphatic rings. The van der Waals surface area contributed by atoms with E-state index < -0.39 is 5.97 Å². The first kappa shape index (κ1) is 14.9.